The topological polar surface area (TPSA) is 40.5 Å². The average molecular weight is 444 g/mol. The lowest BCUT2D eigenvalue weighted by atomic mass is 10.1. The number of aromatic nitrogens is 1. The van der Waals surface area contributed by atoms with Crippen LogP contribution < -0.4 is 5.32 Å². The van der Waals surface area contributed by atoms with E-state index in [1.54, 1.807) is 11.3 Å². The Kier molecular flexibility index (Phi) is 8.54. The number of rotatable bonds is 5. The SMILES string of the molecule is CN=C(NCCc1csc(C)n1)N(C)Cc1ccccc1C.I. The van der Waals surface area contributed by atoms with Gasteiger partial charge in [0.2, 0.25) is 0 Å². The Balaban J connectivity index is 0.00000264. The zero-order chi connectivity index (χ0) is 15.9. The summed E-state index contributed by atoms with van der Waals surface area (Å²) in [5.74, 6) is 0.912. The van der Waals surface area contributed by atoms with Crippen molar-refractivity contribution in [3.05, 3.63) is 51.5 Å². The number of aliphatic imine (C=N–C) groups is 1. The molecule has 0 unspecified atom stereocenters. The van der Waals surface area contributed by atoms with E-state index in [-0.39, 0.29) is 24.0 Å². The smallest absolute Gasteiger partial charge is 0.193 e. The molecule has 1 heterocycles. The monoisotopic (exact) mass is 444 g/mol. The second kappa shape index (κ2) is 9.87. The number of nitrogens with one attached hydrogen (secondary N) is 1. The number of thiazole rings is 1. The maximum atomic E-state index is 4.48. The van der Waals surface area contributed by atoms with Crippen LogP contribution in [0.1, 0.15) is 21.8 Å². The summed E-state index contributed by atoms with van der Waals surface area (Å²) < 4.78 is 0. The molecule has 0 spiro atoms. The van der Waals surface area contributed by atoms with E-state index in [1.165, 1.54) is 11.1 Å². The van der Waals surface area contributed by atoms with E-state index in [1.807, 2.05) is 14.0 Å². The zero-order valence-corrected chi connectivity index (χ0v) is 17.3. The molecule has 0 fully saturated rings. The predicted molar refractivity (Wildman–Crippen MR) is 110 cm³/mol. The first-order chi connectivity index (χ1) is 10.6. The van der Waals surface area contributed by atoms with Crippen molar-refractivity contribution in [1.29, 1.82) is 0 Å². The first kappa shape index (κ1) is 19.9. The fourth-order valence-electron chi connectivity index (χ4n) is 2.33. The third-order valence-electron chi connectivity index (χ3n) is 3.57. The van der Waals surface area contributed by atoms with Crippen molar-refractivity contribution in [1.82, 2.24) is 15.2 Å². The minimum Gasteiger partial charge on any atom is -0.356 e. The number of hydrogen-bond acceptors (Lipinski definition) is 3. The highest BCUT2D eigenvalue weighted by Gasteiger charge is 2.08. The van der Waals surface area contributed by atoms with Crippen LogP contribution in [0.2, 0.25) is 0 Å². The molecule has 1 aromatic heterocycles. The molecule has 0 aliphatic heterocycles. The average Bonchev–Trinajstić information content (AvgIpc) is 2.91. The molecule has 0 bridgehead atoms. The fraction of sp³-hybridized carbons (Fsp3) is 0.412. The van der Waals surface area contributed by atoms with Crippen LogP contribution in [0.15, 0.2) is 34.6 Å². The summed E-state index contributed by atoms with van der Waals surface area (Å²) in [5.41, 5.74) is 3.78. The quantitative estimate of drug-likeness (QED) is 0.435. The lowest BCUT2D eigenvalue weighted by molar-refractivity contribution is 0.476. The van der Waals surface area contributed by atoms with Crippen LogP contribution in [0.4, 0.5) is 0 Å². The van der Waals surface area contributed by atoms with Crippen LogP contribution in [-0.2, 0) is 13.0 Å². The largest absolute Gasteiger partial charge is 0.356 e. The van der Waals surface area contributed by atoms with Gasteiger partial charge >= 0.3 is 0 Å². The number of guanidine groups is 1. The molecule has 2 aromatic rings. The number of halogens is 1. The van der Waals surface area contributed by atoms with Crippen LogP contribution in [-0.4, -0.2) is 36.5 Å². The van der Waals surface area contributed by atoms with E-state index in [9.17, 15) is 0 Å². The fourth-order valence-corrected chi connectivity index (χ4v) is 2.98. The third-order valence-corrected chi connectivity index (χ3v) is 4.40. The first-order valence-corrected chi connectivity index (χ1v) is 8.35. The molecule has 2 rings (SSSR count). The van der Waals surface area contributed by atoms with Gasteiger partial charge in [0.25, 0.3) is 0 Å². The Morgan fingerprint density at radius 3 is 2.65 bits per heavy atom. The summed E-state index contributed by atoms with van der Waals surface area (Å²) in [6.45, 7) is 5.87. The van der Waals surface area contributed by atoms with Crippen molar-refractivity contribution in [2.45, 2.75) is 26.8 Å². The lowest BCUT2D eigenvalue weighted by Crippen LogP contribution is -2.39. The molecule has 0 aliphatic carbocycles. The summed E-state index contributed by atoms with van der Waals surface area (Å²) in [5, 5.41) is 6.65. The molecule has 1 aromatic carbocycles. The highest BCUT2D eigenvalue weighted by atomic mass is 127. The third kappa shape index (κ3) is 6.10. The number of hydrogen-bond donors (Lipinski definition) is 1. The summed E-state index contributed by atoms with van der Waals surface area (Å²) in [4.78, 5) is 11.0. The zero-order valence-electron chi connectivity index (χ0n) is 14.2. The molecule has 23 heavy (non-hydrogen) atoms. The summed E-state index contributed by atoms with van der Waals surface area (Å²) in [6.07, 6.45) is 0.918. The number of benzene rings is 1. The Labute approximate surface area is 160 Å². The molecule has 0 amide bonds. The maximum Gasteiger partial charge on any atom is 0.193 e. The number of nitrogens with zero attached hydrogens (tertiary/aromatic N) is 3. The molecule has 0 saturated heterocycles. The van der Waals surface area contributed by atoms with Crippen molar-refractivity contribution in [3.8, 4) is 0 Å². The van der Waals surface area contributed by atoms with Crippen LogP contribution in [0.3, 0.4) is 0 Å². The molecule has 1 N–H and O–H groups in total. The summed E-state index contributed by atoms with van der Waals surface area (Å²) in [6, 6.07) is 8.46. The molecule has 0 saturated carbocycles. The van der Waals surface area contributed by atoms with Gasteiger partial charge in [-0.2, -0.15) is 0 Å². The first-order valence-electron chi connectivity index (χ1n) is 7.47. The van der Waals surface area contributed by atoms with Crippen molar-refractivity contribution in [3.63, 3.8) is 0 Å². The Morgan fingerprint density at radius 2 is 2.04 bits per heavy atom. The highest BCUT2D eigenvalue weighted by molar-refractivity contribution is 14.0. The van der Waals surface area contributed by atoms with Crippen LogP contribution >= 0.6 is 35.3 Å². The predicted octanol–water partition coefficient (Wildman–Crippen LogP) is 3.63. The van der Waals surface area contributed by atoms with Crippen molar-refractivity contribution < 1.29 is 0 Å². The number of aryl methyl sites for hydroxylation is 2. The van der Waals surface area contributed by atoms with Gasteiger partial charge in [0.05, 0.1) is 10.7 Å². The van der Waals surface area contributed by atoms with E-state index in [4.69, 9.17) is 0 Å². The van der Waals surface area contributed by atoms with Gasteiger partial charge in [-0.05, 0) is 25.0 Å². The van der Waals surface area contributed by atoms with Crippen LogP contribution in [0, 0.1) is 13.8 Å². The second-order valence-corrected chi connectivity index (χ2v) is 6.43. The highest BCUT2D eigenvalue weighted by Crippen LogP contribution is 2.10. The van der Waals surface area contributed by atoms with Gasteiger partial charge in [-0.1, -0.05) is 24.3 Å². The van der Waals surface area contributed by atoms with Gasteiger partial charge in [-0.15, -0.1) is 35.3 Å². The second-order valence-electron chi connectivity index (χ2n) is 5.36. The maximum absolute atomic E-state index is 4.48. The summed E-state index contributed by atoms with van der Waals surface area (Å²) in [7, 11) is 3.89. The molecule has 6 heteroatoms. The van der Waals surface area contributed by atoms with Gasteiger partial charge in [-0.3, -0.25) is 4.99 Å². The van der Waals surface area contributed by atoms with Gasteiger partial charge in [-0.25, -0.2) is 4.98 Å². The molecular weight excluding hydrogens is 419 g/mol. The van der Waals surface area contributed by atoms with E-state index >= 15 is 0 Å². The molecule has 0 aliphatic rings. The van der Waals surface area contributed by atoms with Crippen LogP contribution in [0.25, 0.3) is 0 Å². The minimum absolute atomic E-state index is 0. The van der Waals surface area contributed by atoms with E-state index in [0.29, 0.717) is 0 Å². The summed E-state index contributed by atoms with van der Waals surface area (Å²) >= 11 is 1.70. The van der Waals surface area contributed by atoms with Crippen molar-refractivity contribution in [2.75, 3.05) is 20.6 Å². The standard InChI is InChI=1S/C17H24N4S.HI/c1-13-7-5-6-8-15(13)11-21(4)17(18-3)19-10-9-16-12-22-14(2)20-16;/h5-8,12H,9-11H2,1-4H3,(H,18,19);1H. The van der Waals surface area contributed by atoms with Crippen molar-refractivity contribution in [2.24, 2.45) is 4.99 Å². The van der Waals surface area contributed by atoms with E-state index < -0.39 is 0 Å². The Hall–Kier alpha value is -1.15. The van der Waals surface area contributed by atoms with Gasteiger partial charge in [0.15, 0.2) is 5.96 Å². The molecular formula is C17H25IN4S. The Morgan fingerprint density at radius 1 is 1.30 bits per heavy atom. The normalized spacial score (nSPS) is 11.0. The van der Waals surface area contributed by atoms with E-state index in [2.05, 4.69) is 63.8 Å². The molecule has 0 radical (unpaired) electrons. The lowest BCUT2D eigenvalue weighted by Gasteiger charge is -2.23. The Bertz CT molecular complexity index is 639. The molecule has 126 valence electrons. The van der Waals surface area contributed by atoms with Crippen molar-refractivity contribution >= 4 is 41.3 Å². The van der Waals surface area contributed by atoms with Gasteiger partial charge in [0, 0.05) is 39.0 Å². The molecule has 4 nitrogen and oxygen atoms in total. The van der Waals surface area contributed by atoms with Crippen LogP contribution in [0.5, 0.6) is 0 Å². The molecule has 0 atom stereocenters. The minimum atomic E-state index is 0. The van der Waals surface area contributed by atoms with Gasteiger partial charge in [0.1, 0.15) is 0 Å². The van der Waals surface area contributed by atoms with E-state index in [0.717, 1.165) is 36.2 Å². The van der Waals surface area contributed by atoms with Gasteiger partial charge < -0.3 is 10.2 Å².